The minimum absolute atomic E-state index is 0.142. The fourth-order valence-corrected chi connectivity index (χ4v) is 1.82. The summed E-state index contributed by atoms with van der Waals surface area (Å²) >= 11 is 0. The average molecular weight is 175 g/mol. The summed E-state index contributed by atoms with van der Waals surface area (Å²) in [5.41, 5.74) is 0. The van der Waals surface area contributed by atoms with Crippen LogP contribution in [-0.4, -0.2) is 42.4 Å². The van der Waals surface area contributed by atoms with Crippen molar-refractivity contribution in [1.82, 2.24) is 4.90 Å². The highest BCUT2D eigenvalue weighted by Crippen LogP contribution is 2.22. The van der Waals surface area contributed by atoms with Gasteiger partial charge in [-0.3, -0.25) is 4.90 Å². The van der Waals surface area contributed by atoms with Crippen molar-refractivity contribution in [3.05, 3.63) is 0 Å². The quantitative estimate of drug-likeness (QED) is 0.693. The van der Waals surface area contributed by atoms with Gasteiger partial charge >= 0.3 is 0 Å². The third kappa shape index (κ3) is 2.42. The molecule has 0 aromatic heterocycles. The zero-order valence-electron chi connectivity index (χ0n) is 7.67. The summed E-state index contributed by atoms with van der Waals surface area (Å²) in [6.45, 7) is 4.26. The Bertz CT molecular complexity index is 132. The van der Waals surface area contributed by atoms with Gasteiger partial charge in [0, 0.05) is 13.1 Å². The first-order chi connectivity index (χ1) is 5.77. The summed E-state index contributed by atoms with van der Waals surface area (Å²) in [6, 6.07) is 0. The molecule has 0 bridgehead atoms. The lowest BCUT2D eigenvalue weighted by Crippen LogP contribution is -2.42. The highest BCUT2D eigenvalue weighted by Gasteiger charge is 2.26. The van der Waals surface area contributed by atoms with Crippen molar-refractivity contribution in [3.8, 4) is 0 Å². The zero-order chi connectivity index (χ0) is 8.97. The maximum atomic E-state index is 13.3. The minimum Gasteiger partial charge on any atom is -0.395 e. The molecule has 1 N–H and O–H groups in total. The monoisotopic (exact) mass is 175 g/mol. The molecule has 1 saturated heterocycles. The van der Waals surface area contributed by atoms with Gasteiger partial charge in [-0.15, -0.1) is 0 Å². The number of aliphatic hydroxyl groups is 1. The van der Waals surface area contributed by atoms with Crippen LogP contribution >= 0.6 is 0 Å². The topological polar surface area (TPSA) is 23.5 Å². The molecule has 1 aliphatic heterocycles. The molecule has 0 aliphatic carbocycles. The number of hydrogen-bond donors (Lipinski definition) is 1. The van der Waals surface area contributed by atoms with Gasteiger partial charge in [0.15, 0.2) is 0 Å². The number of piperidine rings is 1. The third-order valence-corrected chi connectivity index (χ3v) is 2.70. The van der Waals surface area contributed by atoms with Crippen LogP contribution in [0.4, 0.5) is 4.39 Å². The molecule has 0 radical (unpaired) electrons. The van der Waals surface area contributed by atoms with Gasteiger partial charge in [-0.05, 0) is 18.9 Å². The molecule has 0 spiro atoms. The molecule has 1 heterocycles. The Kier molecular flexibility index (Phi) is 3.95. The Morgan fingerprint density at radius 3 is 2.83 bits per heavy atom. The maximum Gasteiger partial charge on any atom is 0.116 e. The second-order valence-corrected chi connectivity index (χ2v) is 3.50. The van der Waals surface area contributed by atoms with E-state index in [9.17, 15) is 4.39 Å². The first-order valence-corrected chi connectivity index (χ1v) is 4.75. The van der Waals surface area contributed by atoms with Crippen molar-refractivity contribution in [3.63, 3.8) is 0 Å². The minimum atomic E-state index is -0.685. The number of alkyl halides is 1. The van der Waals surface area contributed by atoms with E-state index in [1.807, 2.05) is 11.8 Å². The maximum absolute atomic E-state index is 13.3. The number of halogens is 1. The van der Waals surface area contributed by atoms with E-state index in [-0.39, 0.29) is 12.5 Å². The van der Waals surface area contributed by atoms with Crippen molar-refractivity contribution in [1.29, 1.82) is 0 Å². The summed E-state index contributed by atoms with van der Waals surface area (Å²) in [7, 11) is 0. The number of β-amino-alcohol motifs (C(OH)–C–C–N with tert-alkyl or cyclic N) is 1. The summed E-state index contributed by atoms with van der Waals surface area (Å²) in [4.78, 5) is 2.00. The predicted molar refractivity (Wildman–Crippen MR) is 46.8 cm³/mol. The zero-order valence-corrected chi connectivity index (χ0v) is 7.67. The van der Waals surface area contributed by atoms with Gasteiger partial charge in [0.1, 0.15) is 6.17 Å². The van der Waals surface area contributed by atoms with Gasteiger partial charge in [-0.2, -0.15) is 0 Å². The van der Waals surface area contributed by atoms with Gasteiger partial charge in [-0.1, -0.05) is 13.3 Å². The molecule has 2 atom stereocenters. The van der Waals surface area contributed by atoms with Crippen molar-refractivity contribution in [2.24, 2.45) is 5.92 Å². The number of hydrogen-bond acceptors (Lipinski definition) is 2. The van der Waals surface area contributed by atoms with E-state index in [1.54, 1.807) is 0 Å². The van der Waals surface area contributed by atoms with E-state index in [0.717, 1.165) is 19.4 Å². The van der Waals surface area contributed by atoms with Crippen LogP contribution in [0.15, 0.2) is 0 Å². The second-order valence-electron chi connectivity index (χ2n) is 3.50. The van der Waals surface area contributed by atoms with Gasteiger partial charge in [0.05, 0.1) is 6.61 Å². The SMILES string of the molecule is CCC1CCN(CCO)CC1F. The van der Waals surface area contributed by atoms with Crippen LogP contribution in [0, 0.1) is 5.92 Å². The van der Waals surface area contributed by atoms with E-state index in [2.05, 4.69) is 0 Å². The van der Waals surface area contributed by atoms with E-state index in [4.69, 9.17) is 5.11 Å². The number of likely N-dealkylation sites (tertiary alicyclic amines) is 1. The smallest absolute Gasteiger partial charge is 0.116 e. The normalized spacial score (nSPS) is 32.2. The van der Waals surface area contributed by atoms with Crippen molar-refractivity contribution >= 4 is 0 Å². The van der Waals surface area contributed by atoms with Gasteiger partial charge in [0.2, 0.25) is 0 Å². The second kappa shape index (κ2) is 4.77. The van der Waals surface area contributed by atoms with Crippen molar-refractivity contribution in [2.45, 2.75) is 25.9 Å². The molecule has 1 aliphatic rings. The molecule has 72 valence electrons. The van der Waals surface area contributed by atoms with E-state index >= 15 is 0 Å². The molecule has 0 aromatic carbocycles. The highest BCUT2D eigenvalue weighted by molar-refractivity contribution is 4.79. The lowest BCUT2D eigenvalue weighted by Gasteiger charge is -2.33. The lowest BCUT2D eigenvalue weighted by atomic mass is 9.93. The molecule has 2 nitrogen and oxygen atoms in total. The molecular weight excluding hydrogens is 157 g/mol. The number of rotatable bonds is 3. The van der Waals surface area contributed by atoms with E-state index in [1.165, 1.54) is 0 Å². The molecule has 1 rings (SSSR count). The molecule has 0 saturated carbocycles. The third-order valence-electron chi connectivity index (χ3n) is 2.70. The van der Waals surface area contributed by atoms with Crippen LogP contribution in [0.1, 0.15) is 19.8 Å². The summed E-state index contributed by atoms with van der Waals surface area (Å²) in [6.07, 6.45) is 1.20. The fraction of sp³-hybridized carbons (Fsp3) is 1.00. The summed E-state index contributed by atoms with van der Waals surface area (Å²) < 4.78 is 13.3. The lowest BCUT2D eigenvalue weighted by molar-refractivity contribution is 0.0707. The first kappa shape index (κ1) is 9.93. The molecule has 12 heavy (non-hydrogen) atoms. The van der Waals surface area contributed by atoms with Crippen LogP contribution in [0.5, 0.6) is 0 Å². The molecule has 0 amide bonds. The first-order valence-electron chi connectivity index (χ1n) is 4.75. The highest BCUT2D eigenvalue weighted by atomic mass is 19.1. The number of nitrogens with zero attached hydrogens (tertiary/aromatic N) is 1. The largest absolute Gasteiger partial charge is 0.395 e. The summed E-state index contributed by atoms with van der Waals surface area (Å²) in [5.74, 6) is 0.250. The Morgan fingerprint density at radius 1 is 1.58 bits per heavy atom. The summed E-state index contributed by atoms with van der Waals surface area (Å²) in [5, 5.41) is 8.66. The predicted octanol–water partition coefficient (Wildman–Crippen LogP) is 1.05. The Hall–Kier alpha value is -0.150. The average Bonchev–Trinajstić information content (AvgIpc) is 2.05. The Labute approximate surface area is 73.4 Å². The van der Waals surface area contributed by atoms with Crippen molar-refractivity contribution in [2.75, 3.05) is 26.2 Å². The van der Waals surface area contributed by atoms with Crippen LogP contribution in [0.2, 0.25) is 0 Å². The van der Waals surface area contributed by atoms with Crippen molar-refractivity contribution < 1.29 is 9.50 Å². The fourth-order valence-electron chi connectivity index (χ4n) is 1.82. The van der Waals surface area contributed by atoms with Crippen LogP contribution in [0.3, 0.4) is 0 Å². The molecule has 0 aromatic rings. The standard InChI is InChI=1S/C9H18FNO/c1-2-8-3-4-11(5-6-12)7-9(8)10/h8-9,12H,2-7H2,1H3. The Balaban J connectivity index is 2.30. The van der Waals surface area contributed by atoms with Gasteiger partial charge < -0.3 is 5.11 Å². The van der Waals surface area contributed by atoms with Gasteiger partial charge in [-0.25, -0.2) is 4.39 Å². The van der Waals surface area contributed by atoms with Crippen LogP contribution < -0.4 is 0 Å². The van der Waals surface area contributed by atoms with Gasteiger partial charge in [0.25, 0.3) is 0 Å². The molecule has 3 heteroatoms. The van der Waals surface area contributed by atoms with Crippen LogP contribution in [0.25, 0.3) is 0 Å². The van der Waals surface area contributed by atoms with E-state index < -0.39 is 6.17 Å². The molecule has 2 unspecified atom stereocenters. The van der Waals surface area contributed by atoms with Crippen LogP contribution in [-0.2, 0) is 0 Å². The molecular formula is C9H18FNO. The number of aliphatic hydroxyl groups excluding tert-OH is 1. The Morgan fingerprint density at radius 2 is 2.33 bits per heavy atom. The molecule has 1 fully saturated rings. The van der Waals surface area contributed by atoms with E-state index in [0.29, 0.717) is 13.1 Å².